The number of imidazole rings is 1. The number of aliphatic hydroxyl groups is 1. The van der Waals surface area contributed by atoms with Gasteiger partial charge in [0.15, 0.2) is 18.4 Å². The molecule has 6 heterocycles. The van der Waals surface area contributed by atoms with E-state index in [0.717, 1.165) is 86.9 Å². The van der Waals surface area contributed by atoms with Gasteiger partial charge in [-0.25, -0.2) is 9.97 Å². The zero-order valence-electron chi connectivity index (χ0n) is 38.0. The molecule has 4 aliphatic rings. The molecule has 0 unspecified atom stereocenters. The summed E-state index contributed by atoms with van der Waals surface area (Å²) < 4.78 is 49.8. The molecule has 1 aliphatic carbocycles. The third-order valence-electron chi connectivity index (χ3n) is 13.4. The Morgan fingerprint density at radius 3 is 2.17 bits per heavy atom. The third-order valence-corrected chi connectivity index (χ3v) is 13.7. The number of amides is 2. The van der Waals surface area contributed by atoms with Crippen molar-refractivity contribution in [3.8, 4) is 17.1 Å². The quantitative estimate of drug-likeness (QED) is 0.131. The van der Waals surface area contributed by atoms with Crippen molar-refractivity contribution in [1.29, 1.82) is 0 Å². The van der Waals surface area contributed by atoms with Crippen LogP contribution in [0, 0.1) is 11.8 Å². The van der Waals surface area contributed by atoms with Crippen molar-refractivity contribution >= 4 is 47.4 Å². The van der Waals surface area contributed by atoms with Crippen molar-refractivity contribution in [1.82, 2.24) is 28.9 Å². The van der Waals surface area contributed by atoms with E-state index in [-0.39, 0.29) is 34.8 Å². The third kappa shape index (κ3) is 12.0. The molecule has 15 nitrogen and oxygen atoms in total. The van der Waals surface area contributed by atoms with Gasteiger partial charge in [-0.05, 0) is 43.2 Å². The molecular weight excluding hydrogens is 879 g/mol. The standard InChI is InChI=1S/C27H39ClN4O3.C19H18F3N5O2.CH4O/c1-29-23-7-8-24(25(28)19-23)27(35)31-13-11-30(12-14-31)26(34)22-9-15-32(16-10-22,17-18-33)20-21-5-3-2-4-6-21;1-25-16(9-24-18(25)12-28)14-10-27(11-15(14)19(20,21)22)17-3-2-13(8-23-17)26-4-6-29-7-5-26;1-2/h7-8,18-19,21-22H,2-6,9-17,20H2,1H3;2-3,8-12H,4-7H2,1H3;2H,1H3/p+1. The largest absolute Gasteiger partial charge is 0.418 e. The molecule has 0 bridgehead atoms. The van der Waals surface area contributed by atoms with E-state index in [1.807, 2.05) is 24.1 Å². The van der Waals surface area contributed by atoms with Gasteiger partial charge in [0.25, 0.3) is 5.91 Å². The summed E-state index contributed by atoms with van der Waals surface area (Å²) in [6, 6.07) is 8.87. The maximum atomic E-state index is 13.6. The summed E-state index contributed by atoms with van der Waals surface area (Å²) in [6.45, 7) is 8.43. The molecule has 3 aromatic heterocycles. The van der Waals surface area contributed by atoms with E-state index < -0.39 is 11.7 Å². The summed E-state index contributed by atoms with van der Waals surface area (Å²) in [5, 5.41) is 10.5. The number of quaternary nitrogens is 1. The number of anilines is 2. The molecule has 1 saturated carbocycles. The molecule has 1 aromatic carbocycles. The molecule has 4 aromatic rings. The molecule has 3 saturated heterocycles. The molecule has 8 rings (SSSR count). The van der Waals surface area contributed by atoms with E-state index in [2.05, 4.69) is 20.2 Å². The lowest BCUT2D eigenvalue weighted by molar-refractivity contribution is -0.928. The number of benzene rings is 1. The normalized spacial score (nSPS) is 20.4. The number of nitrogens with one attached hydrogen (secondary N) is 1. The van der Waals surface area contributed by atoms with Gasteiger partial charge in [0, 0.05) is 109 Å². The van der Waals surface area contributed by atoms with Crippen molar-refractivity contribution in [2.75, 3.05) is 103 Å². The lowest BCUT2D eigenvalue weighted by Crippen LogP contribution is -2.58. The van der Waals surface area contributed by atoms with E-state index in [1.54, 1.807) is 29.3 Å². The topological polar surface area (TPSA) is 155 Å². The molecule has 19 heteroatoms. The highest BCUT2D eigenvalue weighted by Crippen LogP contribution is 2.39. The highest BCUT2D eigenvalue weighted by atomic mass is 35.5. The molecule has 3 aliphatic heterocycles. The van der Waals surface area contributed by atoms with Crippen LogP contribution in [-0.4, -0.2) is 156 Å². The number of piperidine rings is 1. The second-order valence-electron chi connectivity index (χ2n) is 17.3. The Morgan fingerprint density at radius 1 is 0.909 bits per heavy atom. The summed E-state index contributed by atoms with van der Waals surface area (Å²) >= 11 is 6.33. The number of carbonyl (C=O) groups is 4. The lowest BCUT2D eigenvalue weighted by Gasteiger charge is -2.45. The van der Waals surface area contributed by atoms with Crippen molar-refractivity contribution < 1.29 is 46.7 Å². The number of ether oxygens (including phenoxy) is 1. The van der Waals surface area contributed by atoms with Crippen molar-refractivity contribution in [3.63, 3.8) is 0 Å². The van der Waals surface area contributed by atoms with Crippen LogP contribution in [0.2, 0.25) is 5.02 Å². The molecule has 66 heavy (non-hydrogen) atoms. The average molecular weight is 942 g/mol. The van der Waals surface area contributed by atoms with Gasteiger partial charge in [0.1, 0.15) is 12.4 Å². The highest BCUT2D eigenvalue weighted by molar-refractivity contribution is 6.34. The van der Waals surface area contributed by atoms with Crippen molar-refractivity contribution in [2.24, 2.45) is 18.9 Å². The van der Waals surface area contributed by atoms with Gasteiger partial charge in [-0.3, -0.25) is 19.2 Å². The summed E-state index contributed by atoms with van der Waals surface area (Å²) in [7, 11) is 4.31. The fraction of sp³-hybridized carbons (Fsp3) is 0.532. The number of carbonyl (C=O) groups excluding carboxylic acids is 4. The van der Waals surface area contributed by atoms with Gasteiger partial charge in [-0.2, -0.15) is 13.2 Å². The number of pyridine rings is 1. The Kier molecular flexibility index (Phi) is 17.4. The Balaban J connectivity index is 0.000000214. The fourth-order valence-electron chi connectivity index (χ4n) is 9.62. The molecule has 2 N–H and O–H groups in total. The van der Waals surface area contributed by atoms with E-state index in [9.17, 15) is 32.3 Å². The van der Waals surface area contributed by atoms with Crippen LogP contribution in [-0.2, 0) is 27.5 Å². The number of morpholine rings is 1. The maximum absolute atomic E-state index is 13.6. The number of rotatable bonds is 11. The minimum absolute atomic E-state index is 0.0324. The predicted molar refractivity (Wildman–Crippen MR) is 246 cm³/mol. The van der Waals surface area contributed by atoms with Gasteiger partial charge >= 0.3 is 6.18 Å². The second kappa shape index (κ2) is 22.9. The monoisotopic (exact) mass is 940 g/mol. The summed E-state index contributed by atoms with van der Waals surface area (Å²) in [6.07, 6.45) is 10.5. The number of aliphatic hydroxyl groups excluding tert-OH is 1. The van der Waals surface area contributed by atoms with E-state index in [1.165, 1.54) is 60.7 Å². The van der Waals surface area contributed by atoms with Crippen LogP contribution in [0.3, 0.4) is 0 Å². The first kappa shape index (κ1) is 50.1. The molecule has 0 radical (unpaired) electrons. The van der Waals surface area contributed by atoms with Crippen LogP contribution in [0.5, 0.6) is 0 Å². The molecular formula is C47H62ClF3N9O6+. The molecule has 2 amide bonds. The van der Waals surface area contributed by atoms with Crippen LogP contribution in [0.4, 0.5) is 24.5 Å². The molecule has 0 atom stereocenters. The number of hydrogen-bond donors (Lipinski definition) is 2. The number of alkyl halides is 3. The number of aldehydes is 2. The average Bonchev–Trinajstić information content (AvgIpc) is 3.97. The number of aromatic nitrogens is 4. The van der Waals surface area contributed by atoms with Gasteiger partial charge in [-0.15, -0.1) is 0 Å². The van der Waals surface area contributed by atoms with Gasteiger partial charge in [0.2, 0.25) is 5.91 Å². The van der Waals surface area contributed by atoms with Crippen LogP contribution < -0.4 is 10.2 Å². The molecule has 0 spiro atoms. The minimum atomic E-state index is -4.57. The first-order valence-electron chi connectivity index (χ1n) is 22.7. The summed E-state index contributed by atoms with van der Waals surface area (Å²) in [4.78, 5) is 62.8. The predicted octanol–water partition coefficient (Wildman–Crippen LogP) is 6.22. The van der Waals surface area contributed by atoms with E-state index in [0.29, 0.717) is 68.6 Å². The van der Waals surface area contributed by atoms with Crippen LogP contribution in [0.25, 0.3) is 17.1 Å². The van der Waals surface area contributed by atoms with Crippen LogP contribution in [0.1, 0.15) is 71.5 Å². The molecule has 358 valence electrons. The van der Waals surface area contributed by atoms with E-state index in [4.69, 9.17) is 21.4 Å². The number of halogens is 4. The van der Waals surface area contributed by atoms with E-state index >= 15 is 0 Å². The van der Waals surface area contributed by atoms with Gasteiger partial charge in [-0.1, -0.05) is 30.9 Å². The number of piperazine rings is 1. The first-order valence-corrected chi connectivity index (χ1v) is 23.0. The Hall–Kier alpha value is -5.30. The maximum Gasteiger partial charge on any atom is 0.418 e. The SMILES string of the molecule is CNc1ccc(C(=O)N2CCN(C(=O)C3CC[N+](CC=O)(CC4CCCCC4)CC3)CC2)c(Cl)c1.CO.Cn1c(-c2cn(-c3ccc(N4CCOCC4)cn3)cc2C(F)(F)F)cnc1C=O. The van der Waals surface area contributed by atoms with Crippen LogP contribution in [0.15, 0.2) is 55.1 Å². The number of likely N-dealkylation sites (tertiary alicyclic amines) is 1. The zero-order valence-corrected chi connectivity index (χ0v) is 38.8. The van der Waals surface area contributed by atoms with Crippen molar-refractivity contribution in [3.05, 3.63) is 77.1 Å². The smallest absolute Gasteiger partial charge is 0.400 e. The Morgan fingerprint density at radius 2 is 1.59 bits per heavy atom. The fourth-order valence-corrected chi connectivity index (χ4v) is 9.88. The van der Waals surface area contributed by atoms with Gasteiger partial charge < -0.3 is 43.5 Å². The number of nitrogens with zero attached hydrogens (tertiary/aromatic N) is 8. The minimum Gasteiger partial charge on any atom is -0.400 e. The summed E-state index contributed by atoms with van der Waals surface area (Å²) in [5.74, 6) is 1.30. The lowest BCUT2D eigenvalue weighted by atomic mass is 9.86. The second-order valence-corrected chi connectivity index (χ2v) is 17.7. The van der Waals surface area contributed by atoms with Gasteiger partial charge in [0.05, 0.1) is 72.8 Å². The Bertz CT molecular complexity index is 2240. The Labute approximate surface area is 389 Å². The summed E-state index contributed by atoms with van der Waals surface area (Å²) in [5.41, 5.74) is 1.56. The first-order chi connectivity index (χ1) is 31.8. The highest BCUT2D eigenvalue weighted by Gasteiger charge is 2.40. The van der Waals surface area contributed by atoms with Crippen LogP contribution >= 0.6 is 11.6 Å². The zero-order chi connectivity index (χ0) is 47.4. The molecule has 4 fully saturated rings. The van der Waals surface area contributed by atoms with Crippen molar-refractivity contribution in [2.45, 2.75) is 51.1 Å². The number of hydrogen-bond acceptors (Lipinski definition) is 10.